The van der Waals surface area contributed by atoms with Crippen LogP contribution in [0.2, 0.25) is 10.2 Å². The molecule has 0 aliphatic heterocycles. The summed E-state index contributed by atoms with van der Waals surface area (Å²) in [5.74, 6) is -0.253. The molecule has 0 aliphatic carbocycles. The largest absolute Gasteiger partial charge is 0.289 e. The summed E-state index contributed by atoms with van der Waals surface area (Å²) in [6.07, 6.45) is 4.05. The summed E-state index contributed by atoms with van der Waals surface area (Å²) in [7, 11) is -3.37. The number of halogens is 2. The molecule has 0 aliphatic rings. The van der Waals surface area contributed by atoms with E-state index in [0.29, 0.717) is 38.4 Å². The van der Waals surface area contributed by atoms with Crippen molar-refractivity contribution in [2.75, 3.05) is 11.0 Å². The van der Waals surface area contributed by atoms with E-state index in [0.717, 1.165) is 6.26 Å². The second kappa shape index (κ2) is 8.41. The lowest BCUT2D eigenvalue weighted by atomic mass is 10.1. The minimum Gasteiger partial charge on any atom is -0.289 e. The van der Waals surface area contributed by atoms with Gasteiger partial charge in [-0.15, -0.1) is 0 Å². The van der Waals surface area contributed by atoms with E-state index in [2.05, 4.69) is 9.82 Å². The molecule has 0 spiro atoms. The number of hydrogen-bond donors (Lipinski definition) is 1. The van der Waals surface area contributed by atoms with E-state index in [1.165, 1.54) is 22.9 Å². The van der Waals surface area contributed by atoms with Crippen molar-refractivity contribution >= 4 is 50.8 Å². The van der Waals surface area contributed by atoms with Gasteiger partial charge in [-0.05, 0) is 55.5 Å². The number of carbonyl (C=O) groups excluding carboxylic acids is 1. The molecular formula is C20H17Cl2N3O3S. The number of rotatable bonds is 6. The van der Waals surface area contributed by atoms with Crippen molar-refractivity contribution in [2.45, 2.75) is 6.92 Å². The van der Waals surface area contributed by atoms with E-state index in [1.807, 2.05) is 12.1 Å². The fourth-order valence-corrected chi connectivity index (χ4v) is 3.76. The Hall–Kier alpha value is -2.61. The van der Waals surface area contributed by atoms with Crippen LogP contribution in [0.25, 0.3) is 11.8 Å². The molecule has 0 atom stereocenters. The summed E-state index contributed by atoms with van der Waals surface area (Å²) in [6.45, 7) is 1.79. The molecule has 0 unspecified atom stereocenters. The first-order valence-corrected chi connectivity index (χ1v) is 11.1. The molecular weight excluding hydrogens is 433 g/mol. The molecule has 1 heterocycles. The van der Waals surface area contributed by atoms with E-state index < -0.39 is 10.0 Å². The average molecular weight is 450 g/mol. The highest BCUT2D eigenvalue weighted by molar-refractivity contribution is 7.92. The molecule has 0 radical (unpaired) electrons. The van der Waals surface area contributed by atoms with Crippen LogP contribution in [0.4, 0.5) is 5.69 Å². The predicted molar refractivity (Wildman–Crippen MR) is 117 cm³/mol. The molecule has 3 rings (SSSR count). The van der Waals surface area contributed by atoms with Crippen LogP contribution >= 0.6 is 23.2 Å². The van der Waals surface area contributed by atoms with E-state index in [4.69, 9.17) is 23.2 Å². The Balaban J connectivity index is 1.83. The van der Waals surface area contributed by atoms with Crippen molar-refractivity contribution in [3.63, 3.8) is 0 Å². The topological polar surface area (TPSA) is 81.1 Å². The van der Waals surface area contributed by atoms with Crippen LogP contribution in [-0.4, -0.2) is 30.2 Å². The van der Waals surface area contributed by atoms with Gasteiger partial charge in [0, 0.05) is 16.8 Å². The summed E-state index contributed by atoms with van der Waals surface area (Å²) >= 11 is 12.7. The van der Waals surface area contributed by atoms with Crippen molar-refractivity contribution in [1.82, 2.24) is 9.78 Å². The van der Waals surface area contributed by atoms with Crippen molar-refractivity contribution in [1.29, 1.82) is 0 Å². The van der Waals surface area contributed by atoms with Crippen LogP contribution in [-0.2, 0) is 10.0 Å². The van der Waals surface area contributed by atoms with Gasteiger partial charge >= 0.3 is 0 Å². The second-order valence-corrected chi connectivity index (χ2v) is 8.82. The van der Waals surface area contributed by atoms with Crippen molar-refractivity contribution in [3.8, 4) is 5.69 Å². The first-order chi connectivity index (χ1) is 13.7. The molecule has 0 amide bonds. The number of carbonyl (C=O) groups is 1. The number of nitrogens with zero attached hydrogens (tertiary/aromatic N) is 2. The van der Waals surface area contributed by atoms with Crippen LogP contribution in [0.15, 0.2) is 54.6 Å². The third-order valence-corrected chi connectivity index (χ3v) is 5.29. The summed E-state index contributed by atoms with van der Waals surface area (Å²) in [5.41, 5.74) is 2.68. The lowest BCUT2D eigenvalue weighted by Crippen LogP contribution is -2.09. The molecule has 0 saturated heterocycles. The number of sulfonamides is 1. The number of ketones is 1. The fourth-order valence-electron chi connectivity index (χ4n) is 2.66. The lowest BCUT2D eigenvalue weighted by Gasteiger charge is -2.05. The number of nitrogens with one attached hydrogen (secondary N) is 1. The van der Waals surface area contributed by atoms with Gasteiger partial charge in [0.1, 0.15) is 5.15 Å². The molecule has 3 aromatic rings. The molecule has 2 aromatic carbocycles. The van der Waals surface area contributed by atoms with E-state index in [1.54, 1.807) is 37.3 Å². The van der Waals surface area contributed by atoms with Crippen LogP contribution in [0.5, 0.6) is 0 Å². The number of anilines is 1. The zero-order valence-electron chi connectivity index (χ0n) is 15.6. The van der Waals surface area contributed by atoms with Gasteiger partial charge in [0.2, 0.25) is 10.0 Å². The molecule has 29 heavy (non-hydrogen) atoms. The van der Waals surface area contributed by atoms with Crippen LogP contribution < -0.4 is 4.72 Å². The van der Waals surface area contributed by atoms with Crippen LogP contribution in [0, 0.1) is 6.92 Å². The zero-order valence-corrected chi connectivity index (χ0v) is 17.9. The van der Waals surface area contributed by atoms with Gasteiger partial charge in [0.05, 0.1) is 22.7 Å². The maximum absolute atomic E-state index is 12.5. The Kier molecular flexibility index (Phi) is 6.12. The molecule has 0 fully saturated rings. The van der Waals surface area contributed by atoms with Gasteiger partial charge in [0.15, 0.2) is 5.78 Å². The summed E-state index contributed by atoms with van der Waals surface area (Å²) in [4.78, 5) is 12.5. The molecule has 1 N–H and O–H groups in total. The van der Waals surface area contributed by atoms with Crippen LogP contribution in [0.3, 0.4) is 0 Å². The molecule has 9 heteroatoms. The SMILES string of the molecule is Cc1nn(-c2ccccc2Cl)c(Cl)c1C=CC(=O)c1ccc(NS(C)(=O)=O)cc1. The monoisotopic (exact) mass is 449 g/mol. The number of benzene rings is 2. The Labute approximate surface area is 178 Å². The standard InChI is InChI=1S/C20H17Cl2N3O3S/c1-13-16(20(22)25(23-13)18-6-4-3-5-17(18)21)11-12-19(26)14-7-9-15(10-8-14)24-29(2,27)28/h3-12,24H,1-2H3. The third-order valence-electron chi connectivity index (χ3n) is 4.00. The highest BCUT2D eigenvalue weighted by atomic mass is 35.5. The zero-order chi connectivity index (χ0) is 21.2. The molecule has 6 nitrogen and oxygen atoms in total. The minimum atomic E-state index is -3.37. The van der Waals surface area contributed by atoms with Gasteiger partial charge in [-0.25, -0.2) is 13.1 Å². The van der Waals surface area contributed by atoms with Crippen molar-refractivity contribution < 1.29 is 13.2 Å². The van der Waals surface area contributed by atoms with Crippen LogP contribution in [0.1, 0.15) is 21.6 Å². The van der Waals surface area contributed by atoms with Crippen molar-refractivity contribution in [2.24, 2.45) is 0 Å². The summed E-state index contributed by atoms with van der Waals surface area (Å²) in [6, 6.07) is 13.3. The molecule has 0 bridgehead atoms. The van der Waals surface area contributed by atoms with Gasteiger partial charge < -0.3 is 0 Å². The Bertz CT molecular complexity index is 1200. The number of aryl methyl sites for hydroxylation is 1. The smallest absolute Gasteiger partial charge is 0.229 e. The number of hydrogen-bond acceptors (Lipinski definition) is 4. The molecule has 1 aromatic heterocycles. The number of aromatic nitrogens is 2. The van der Waals surface area contributed by atoms with E-state index in [9.17, 15) is 13.2 Å². The normalized spacial score (nSPS) is 11.7. The first kappa shape index (κ1) is 21.1. The number of allylic oxidation sites excluding steroid dienone is 1. The fraction of sp³-hybridized carbons (Fsp3) is 0.100. The van der Waals surface area contributed by atoms with Gasteiger partial charge in [0.25, 0.3) is 0 Å². The average Bonchev–Trinajstić information content (AvgIpc) is 2.93. The molecule has 150 valence electrons. The minimum absolute atomic E-state index is 0.253. The van der Waals surface area contributed by atoms with E-state index >= 15 is 0 Å². The highest BCUT2D eigenvalue weighted by Gasteiger charge is 2.15. The highest BCUT2D eigenvalue weighted by Crippen LogP contribution is 2.28. The third kappa shape index (κ3) is 5.06. The lowest BCUT2D eigenvalue weighted by molar-refractivity contribution is 0.104. The Morgan fingerprint density at radius 1 is 1.10 bits per heavy atom. The molecule has 0 saturated carbocycles. The quantitative estimate of drug-likeness (QED) is 0.434. The Morgan fingerprint density at radius 2 is 1.76 bits per heavy atom. The van der Waals surface area contributed by atoms with Gasteiger partial charge in [-0.2, -0.15) is 5.10 Å². The Morgan fingerprint density at radius 3 is 2.38 bits per heavy atom. The van der Waals surface area contributed by atoms with Gasteiger partial charge in [-0.1, -0.05) is 35.3 Å². The summed E-state index contributed by atoms with van der Waals surface area (Å²) < 4.78 is 26.4. The second-order valence-electron chi connectivity index (χ2n) is 6.30. The predicted octanol–water partition coefficient (Wildman–Crippen LogP) is 4.76. The summed E-state index contributed by atoms with van der Waals surface area (Å²) in [5, 5.41) is 5.26. The van der Waals surface area contributed by atoms with E-state index in [-0.39, 0.29) is 5.78 Å². The first-order valence-electron chi connectivity index (χ1n) is 8.46. The number of para-hydroxylation sites is 1. The maximum atomic E-state index is 12.5. The van der Waals surface area contributed by atoms with Crippen molar-refractivity contribution in [3.05, 3.63) is 81.6 Å². The maximum Gasteiger partial charge on any atom is 0.229 e. The van der Waals surface area contributed by atoms with Gasteiger partial charge in [-0.3, -0.25) is 9.52 Å².